The molecule has 1 aliphatic carbocycles. The molecule has 2 nitrogen and oxygen atoms in total. The van der Waals surface area contributed by atoms with Gasteiger partial charge in [0.15, 0.2) is 0 Å². The molecule has 1 aliphatic rings. The minimum Gasteiger partial charge on any atom is -0.292 e. The van der Waals surface area contributed by atoms with Crippen LogP contribution in [0.5, 0.6) is 0 Å². The fourth-order valence-corrected chi connectivity index (χ4v) is 9.36. The van der Waals surface area contributed by atoms with Gasteiger partial charge in [-0.15, -0.1) is 0 Å². The molecule has 0 spiro atoms. The average Bonchev–Trinajstić information content (AvgIpc) is 3.65. The van der Waals surface area contributed by atoms with E-state index in [0.717, 1.165) is 41.0 Å². The van der Waals surface area contributed by atoms with Crippen LogP contribution in [0.25, 0.3) is 82.7 Å². The van der Waals surface area contributed by atoms with Gasteiger partial charge in [0.1, 0.15) is 5.82 Å². The van der Waals surface area contributed by atoms with Gasteiger partial charge in [-0.3, -0.25) is 4.57 Å². The molecule has 1 unspecified atom stereocenters. The number of hydrogen-bond acceptors (Lipinski definition) is 1. The molecule has 0 aliphatic heterocycles. The van der Waals surface area contributed by atoms with Crippen molar-refractivity contribution in [3.05, 3.63) is 194 Å². The van der Waals surface area contributed by atoms with Gasteiger partial charge < -0.3 is 0 Å². The summed E-state index contributed by atoms with van der Waals surface area (Å²) in [5.74, 6) is 1.85. The maximum Gasteiger partial charge on any atom is 0.145 e. The Hall–Kier alpha value is -6.51. The first-order valence-electron chi connectivity index (χ1n) is 20.4. The highest BCUT2D eigenvalue weighted by molar-refractivity contribution is 6.16. The summed E-state index contributed by atoms with van der Waals surface area (Å²) in [7, 11) is 0. The molecule has 2 heteroatoms. The second-order valence-corrected chi connectivity index (χ2v) is 16.5. The zero-order valence-electron chi connectivity index (χ0n) is 32.9. The highest BCUT2D eigenvalue weighted by Gasteiger charge is 2.28. The molecule has 9 aromatic rings. The summed E-state index contributed by atoms with van der Waals surface area (Å²) in [5.41, 5.74) is 10.9. The van der Waals surface area contributed by atoms with E-state index in [4.69, 9.17) is 4.98 Å². The number of para-hydroxylation sites is 3. The van der Waals surface area contributed by atoms with Crippen LogP contribution in [0.4, 0.5) is 0 Å². The number of nitrogens with zero attached hydrogens (tertiary/aromatic N) is 2. The molecule has 2 atom stereocenters. The molecule has 0 fully saturated rings. The van der Waals surface area contributed by atoms with Crippen molar-refractivity contribution in [2.45, 2.75) is 39.5 Å². The number of hydrogen-bond donors (Lipinski definition) is 0. The number of benzene rings is 8. The summed E-state index contributed by atoms with van der Waals surface area (Å²) in [6.45, 7) is 7.19. The van der Waals surface area contributed by atoms with E-state index in [1.165, 1.54) is 60.1 Å². The van der Waals surface area contributed by atoms with Gasteiger partial charge in [0.05, 0.1) is 11.0 Å². The third-order valence-corrected chi connectivity index (χ3v) is 12.5. The molecular formula is C55H46N2. The van der Waals surface area contributed by atoms with Crippen molar-refractivity contribution >= 4 is 43.4 Å². The summed E-state index contributed by atoms with van der Waals surface area (Å²) in [5, 5.41) is 7.85. The van der Waals surface area contributed by atoms with Crippen LogP contribution in [0.1, 0.15) is 45.1 Å². The lowest BCUT2D eigenvalue weighted by atomic mass is 9.72. The Bertz CT molecular complexity index is 3000. The van der Waals surface area contributed by atoms with Gasteiger partial charge in [-0.1, -0.05) is 172 Å². The van der Waals surface area contributed by atoms with Crippen LogP contribution < -0.4 is 0 Å². The number of rotatable bonds is 8. The van der Waals surface area contributed by atoms with Crippen molar-refractivity contribution in [2.24, 2.45) is 11.3 Å². The van der Waals surface area contributed by atoms with E-state index < -0.39 is 0 Å². The minimum atomic E-state index is 0.164. The summed E-state index contributed by atoms with van der Waals surface area (Å²) in [6.07, 6.45) is 11.5. The average molecular weight is 735 g/mol. The topological polar surface area (TPSA) is 17.8 Å². The SMILES string of the molecule is C[C@H](CCC1C=CC=CC1(C)C)c1c2ccccc2c(-c2ccc3ccccc3c2)c2cc(-c3ccc(-c4nc5ccccc5n4-c4ccccc4)cc3)ccc12. The van der Waals surface area contributed by atoms with Gasteiger partial charge >= 0.3 is 0 Å². The summed E-state index contributed by atoms with van der Waals surface area (Å²) in [4.78, 5) is 5.13. The molecule has 0 bridgehead atoms. The van der Waals surface area contributed by atoms with Crippen molar-refractivity contribution < 1.29 is 0 Å². The van der Waals surface area contributed by atoms with Gasteiger partial charge in [0, 0.05) is 11.3 Å². The van der Waals surface area contributed by atoms with Crippen LogP contribution >= 0.6 is 0 Å². The third kappa shape index (κ3) is 6.26. The van der Waals surface area contributed by atoms with E-state index in [1.54, 1.807) is 0 Å². The van der Waals surface area contributed by atoms with E-state index in [0.29, 0.717) is 11.8 Å². The number of fused-ring (bicyclic) bond motifs is 4. The lowest BCUT2D eigenvalue weighted by Gasteiger charge is -2.32. The van der Waals surface area contributed by atoms with Crippen LogP contribution in [0.2, 0.25) is 0 Å². The quantitative estimate of drug-likeness (QED) is 0.142. The third-order valence-electron chi connectivity index (χ3n) is 12.5. The van der Waals surface area contributed by atoms with E-state index in [-0.39, 0.29) is 5.41 Å². The fraction of sp³-hybridized carbons (Fsp3) is 0.145. The van der Waals surface area contributed by atoms with Crippen LogP contribution in [0, 0.1) is 11.3 Å². The molecule has 57 heavy (non-hydrogen) atoms. The van der Waals surface area contributed by atoms with Gasteiger partial charge in [-0.05, 0) is 127 Å². The molecule has 276 valence electrons. The summed E-state index contributed by atoms with van der Waals surface area (Å²) >= 11 is 0. The smallest absolute Gasteiger partial charge is 0.145 e. The van der Waals surface area contributed by atoms with E-state index >= 15 is 0 Å². The standard InChI is InChI=1S/C55H46N2/c1-37(24-32-44-17-13-14-34-55(44,2)3)52-46-20-9-10-21-47(46)53(43-30-27-38-15-7-8-16-41(38)35-43)49-36-42(31-33-48(49)52)39-25-28-40(29-26-39)54-56-50-22-11-12-23-51(50)57(54)45-18-5-4-6-19-45/h4-23,25-31,33-37,44H,24,32H2,1-3H3/t37-,44?/m1/s1. The van der Waals surface area contributed by atoms with Gasteiger partial charge in [0.2, 0.25) is 0 Å². The predicted molar refractivity (Wildman–Crippen MR) is 243 cm³/mol. The second kappa shape index (κ2) is 14.2. The Morgan fingerprint density at radius 2 is 1.25 bits per heavy atom. The second-order valence-electron chi connectivity index (χ2n) is 16.5. The monoisotopic (exact) mass is 734 g/mol. The van der Waals surface area contributed by atoms with Gasteiger partial charge in [-0.25, -0.2) is 4.98 Å². The Morgan fingerprint density at radius 1 is 0.579 bits per heavy atom. The molecule has 0 N–H and O–H groups in total. The summed E-state index contributed by atoms with van der Waals surface area (Å²) < 4.78 is 2.27. The molecule has 10 rings (SSSR count). The van der Waals surface area contributed by atoms with Crippen molar-refractivity contribution in [3.63, 3.8) is 0 Å². The van der Waals surface area contributed by atoms with Crippen molar-refractivity contribution in [3.8, 4) is 39.3 Å². The van der Waals surface area contributed by atoms with Crippen molar-refractivity contribution in [1.29, 1.82) is 0 Å². The van der Waals surface area contributed by atoms with Crippen LogP contribution in [-0.4, -0.2) is 9.55 Å². The molecule has 0 radical (unpaired) electrons. The molecule has 1 heterocycles. The Balaban J connectivity index is 1.12. The molecular weight excluding hydrogens is 689 g/mol. The van der Waals surface area contributed by atoms with Crippen molar-refractivity contribution in [2.75, 3.05) is 0 Å². The maximum absolute atomic E-state index is 5.13. The molecule has 8 aromatic carbocycles. The molecule has 0 saturated carbocycles. The van der Waals surface area contributed by atoms with Crippen LogP contribution in [-0.2, 0) is 0 Å². The highest BCUT2D eigenvalue weighted by Crippen LogP contribution is 2.46. The maximum atomic E-state index is 5.13. The molecule has 0 saturated heterocycles. The molecule has 1 aromatic heterocycles. The Kier molecular flexibility index (Phi) is 8.71. The fourth-order valence-electron chi connectivity index (χ4n) is 9.36. The van der Waals surface area contributed by atoms with E-state index in [1.807, 2.05) is 0 Å². The number of aromatic nitrogens is 2. The summed E-state index contributed by atoms with van der Waals surface area (Å²) in [6, 6.07) is 59.9. The number of imidazole rings is 1. The van der Waals surface area contributed by atoms with Crippen LogP contribution in [0.15, 0.2) is 188 Å². The van der Waals surface area contributed by atoms with Gasteiger partial charge in [-0.2, -0.15) is 0 Å². The van der Waals surface area contributed by atoms with E-state index in [2.05, 4.69) is 213 Å². The Morgan fingerprint density at radius 3 is 2.07 bits per heavy atom. The first kappa shape index (κ1) is 34.9. The van der Waals surface area contributed by atoms with Gasteiger partial charge in [0.25, 0.3) is 0 Å². The highest BCUT2D eigenvalue weighted by atomic mass is 15.1. The predicted octanol–water partition coefficient (Wildman–Crippen LogP) is 15.1. The lowest BCUT2D eigenvalue weighted by molar-refractivity contribution is 0.309. The van der Waals surface area contributed by atoms with Crippen molar-refractivity contribution in [1.82, 2.24) is 9.55 Å². The zero-order chi connectivity index (χ0) is 38.5. The minimum absolute atomic E-state index is 0.164. The molecule has 0 amide bonds. The first-order chi connectivity index (χ1) is 27.9. The number of allylic oxidation sites excluding steroid dienone is 4. The normalized spacial score (nSPS) is 15.5. The Labute approximate surface area is 335 Å². The van der Waals surface area contributed by atoms with Crippen LogP contribution in [0.3, 0.4) is 0 Å². The lowest BCUT2D eigenvalue weighted by Crippen LogP contribution is -2.22. The zero-order valence-corrected chi connectivity index (χ0v) is 32.9. The largest absolute Gasteiger partial charge is 0.292 e. The van der Waals surface area contributed by atoms with E-state index in [9.17, 15) is 0 Å². The first-order valence-corrected chi connectivity index (χ1v) is 20.4.